The summed E-state index contributed by atoms with van der Waals surface area (Å²) < 4.78 is 34.3. The van der Waals surface area contributed by atoms with E-state index in [4.69, 9.17) is 4.74 Å². The molecule has 1 N–H and O–H groups in total. The quantitative estimate of drug-likeness (QED) is 0.914. The third-order valence-corrected chi connectivity index (χ3v) is 4.09. The van der Waals surface area contributed by atoms with Crippen molar-refractivity contribution in [1.82, 2.24) is 5.32 Å². The minimum absolute atomic E-state index is 0.243. The lowest BCUT2D eigenvalue weighted by Gasteiger charge is -2.32. The standard InChI is InChI=1S/C14H17F2NO2/c1-18-11-6-9-4-8-5-10(19-14(15)16)2-3-12(8)13(9)17-7-11/h2-3,5,9,11,13-14,17H,4,6-7H2,1H3/t9-,11+,13+/m0/s1. The number of nitrogens with one attached hydrogen (secondary N) is 1. The Morgan fingerprint density at radius 1 is 1.37 bits per heavy atom. The number of rotatable bonds is 3. The van der Waals surface area contributed by atoms with E-state index in [1.165, 1.54) is 5.56 Å². The molecule has 0 unspecified atom stereocenters. The summed E-state index contributed by atoms with van der Waals surface area (Å²) in [6.45, 7) is -1.93. The van der Waals surface area contributed by atoms with Crippen LogP contribution in [0.1, 0.15) is 23.6 Å². The van der Waals surface area contributed by atoms with Gasteiger partial charge in [0.25, 0.3) is 0 Å². The molecule has 0 bridgehead atoms. The van der Waals surface area contributed by atoms with Gasteiger partial charge in [0, 0.05) is 19.7 Å². The Bertz CT molecular complexity index is 467. The van der Waals surface area contributed by atoms with Crippen molar-refractivity contribution in [2.75, 3.05) is 13.7 Å². The van der Waals surface area contributed by atoms with Crippen molar-refractivity contribution >= 4 is 0 Å². The monoisotopic (exact) mass is 269 g/mol. The van der Waals surface area contributed by atoms with Gasteiger partial charge in [0.15, 0.2) is 0 Å². The third kappa shape index (κ3) is 2.44. The molecule has 0 amide bonds. The predicted octanol–water partition coefficient (Wildman–Crippen LogP) is 2.51. The lowest BCUT2D eigenvalue weighted by atomic mass is 9.90. The Hall–Kier alpha value is -1.20. The molecule has 3 nitrogen and oxygen atoms in total. The molecular formula is C14H17F2NO2. The molecule has 5 heteroatoms. The number of piperidine rings is 1. The van der Waals surface area contributed by atoms with Crippen molar-refractivity contribution in [3.05, 3.63) is 29.3 Å². The van der Waals surface area contributed by atoms with E-state index < -0.39 is 6.61 Å². The molecule has 1 aromatic rings. The van der Waals surface area contributed by atoms with E-state index in [1.807, 2.05) is 6.07 Å². The van der Waals surface area contributed by atoms with Crippen molar-refractivity contribution in [1.29, 1.82) is 0 Å². The summed E-state index contributed by atoms with van der Waals surface area (Å²) in [4.78, 5) is 0. The first kappa shape index (κ1) is 12.8. The van der Waals surface area contributed by atoms with Crippen LogP contribution in [0.3, 0.4) is 0 Å². The van der Waals surface area contributed by atoms with Crippen molar-refractivity contribution in [3.8, 4) is 5.75 Å². The summed E-state index contributed by atoms with van der Waals surface area (Å²) >= 11 is 0. The highest BCUT2D eigenvalue weighted by molar-refractivity contribution is 5.42. The van der Waals surface area contributed by atoms with Crippen LogP contribution in [0.15, 0.2) is 18.2 Å². The van der Waals surface area contributed by atoms with Crippen LogP contribution in [0.4, 0.5) is 8.78 Å². The first-order chi connectivity index (χ1) is 9.17. The second kappa shape index (κ2) is 5.06. The normalized spacial score (nSPS) is 29.2. The molecule has 0 saturated carbocycles. The maximum Gasteiger partial charge on any atom is 0.387 e. The number of alkyl halides is 2. The zero-order valence-electron chi connectivity index (χ0n) is 10.7. The molecule has 104 valence electrons. The van der Waals surface area contributed by atoms with Crippen LogP contribution in [0.25, 0.3) is 0 Å². The molecule has 1 saturated heterocycles. The van der Waals surface area contributed by atoms with Crippen LogP contribution < -0.4 is 10.1 Å². The average molecular weight is 269 g/mol. The topological polar surface area (TPSA) is 30.5 Å². The highest BCUT2D eigenvalue weighted by Crippen LogP contribution is 2.42. The number of ether oxygens (including phenoxy) is 2. The smallest absolute Gasteiger partial charge is 0.387 e. The molecule has 1 aliphatic carbocycles. The number of halogens is 2. The first-order valence-electron chi connectivity index (χ1n) is 6.51. The molecule has 1 fully saturated rings. The highest BCUT2D eigenvalue weighted by atomic mass is 19.3. The zero-order valence-corrected chi connectivity index (χ0v) is 10.7. The summed E-state index contributed by atoms with van der Waals surface area (Å²) in [5.74, 6) is 0.728. The van der Waals surface area contributed by atoms with Gasteiger partial charge in [-0.15, -0.1) is 0 Å². The first-order valence-corrected chi connectivity index (χ1v) is 6.51. The van der Waals surface area contributed by atoms with E-state index in [0.717, 1.165) is 24.9 Å². The van der Waals surface area contributed by atoms with Gasteiger partial charge in [0.05, 0.1) is 6.10 Å². The van der Waals surface area contributed by atoms with Gasteiger partial charge in [-0.3, -0.25) is 0 Å². The van der Waals surface area contributed by atoms with Gasteiger partial charge in [-0.1, -0.05) is 6.07 Å². The maximum absolute atomic E-state index is 12.2. The molecule has 0 radical (unpaired) electrons. The Kier molecular flexibility index (Phi) is 3.41. The molecule has 0 aromatic heterocycles. The van der Waals surface area contributed by atoms with Crippen molar-refractivity contribution in [2.24, 2.45) is 5.92 Å². The summed E-state index contributed by atoms with van der Waals surface area (Å²) in [6.07, 6.45) is 2.15. The molecule has 3 rings (SSSR count). The molecular weight excluding hydrogens is 252 g/mol. The maximum atomic E-state index is 12.2. The molecule has 3 atom stereocenters. The van der Waals surface area contributed by atoms with Crippen LogP contribution in [0.5, 0.6) is 5.75 Å². The van der Waals surface area contributed by atoms with E-state index in [-0.39, 0.29) is 11.9 Å². The number of fused-ring (bicyclic) bond motifs is 3. The van der Waals surface area contributed by atoms with Gasteiger partial charge >= 0.3 is 6.61 Å². The average Bonchev–Trinajstić information content (AvgIpc) is 2.74. The van der Waals surface area contributed by atoms with Crippen molar-refractivity contribution in [2.45, 2.75) is 31.6 Å². The van der Waals surface area contributed by atoms with Crippen molar-refractivity contribution < 1.29 is 18.3 Å². The summed E-state index contributed by atoms with van der Waals surface area (Å²) in [5, 5.41) is 3.48. The van der Waals surface area contributed by atoms with Crippen LogP contribution in [-0.2, 0) is 11.2 Å². The minimum atomic E-state index is -2.77. The Balaban J connectivity index is 1.79. The number of benzene rings is 1. The fraction of sp³-hybridized carbons (Fsp3) is 0.571. The van der Waals surface area contributed by atoms with Crippen LogP contribution >= 0.6 is 0 Å². The lowest BCUT2D eigenvalue weighted by Crippen LogP contribution is -2.41. The van der Waals surface area contributed by atoms with E-state index in [2.05, 4.69) is 10.1 Å². The van der Waals surface area contributed by atoms with Gasteiger partial charge in [0.2, 0.25) is 0 Å². The molecule has 19 heavy (non-hydrogen) atoms. The van der Waals surface area contributed by atoms with Crippen LogP contribution in [-0.4, -0.2) is 26.4 Å². The number of methoxy groups -OCH3 is 1. The fourth-order valence-electron chi connectivity index (χ4n) is 3.25. The molecule has 0 spiro atoms. The largest absolute Gasteiger partial charge is 0.435 e. The Morgan fingerprint density at radius 3 is 2.95 bits per heavy atom. The predicted molar refractivity (Wildman–Crippen MR) is 66.4 cm³/mol. The Morgan fingerprint density at radius 2 is 2.21 bits per heavy atom. The van der Waals surface area contributed by atoms with Gasteiger partial charge in [-0.25, -0.2) is 0 Å². The van der Waals surface area contributed by atoms with Crippen molar-refractivity contribution in [3.63, 3.8) is 0 Å². The van der Waals surface area contributed by atoms with E-state index in [0.29, 0.717) is 12.0 Å². The summed E-state index contributed by atoms with van der Waals surface area (Å²) in [7, 11) is 1.73. The van der Waals surface area contributed by atoms with Crippen LogP contribution in [0.2, 0.25) is 0 Å². The molecule has 1 heterocycles. The summed E-state index contributed by atoms with van der Waals surface area (Å²) in [5.41, 5.74) is 2.32. The van der Waals surface area contributed by atoms with Gasteiger partial charge < -0.3 is 14.8 Å². The second-order valence-electron chi connectivity index (χ2n) is 5.18. The third-order valence-electron chi connectivity index (χ3n) is 4.09. The SMILES string of the molecule is CO[C@H]1CN[C@H]2c3ccc(OC(F)F)cc3C[C@H]2C1. The molecule has 2 aliphatic rings. The van der Waals surface area contributed by atoms with E-state index in [9.17, 15) is 8.78 Å². The van der Waals surface area contributed by atoms with E-state index in [1.54, 1.807) is 19.2 Å². The number of hydrogen-bond acceptors (Lipinski definition) is 3. The number of hydrogen-bond donors (Lipinski definition) is 1. The minimum Gasteiger partial charge on any atom is -0.435 e. The fourth-order valence-corrected chi connectivity index (χ4v) is 3.25. The summed E-state index contributed by atoms with van der Waals surface area (Å²) in [6, 6.07) is 5.58. The van der Waals surface area contributed by atoms with Crippen LogP contribution in [0, 0.1) is 5.92 Å². The molecule has 1 aromatic carbocycles. The lowest BCUT2D eigenvalue weighted by molar-refractivity contribution is -0.0498. The highest BCUT2D eigenvalue weighted by Gasteiger charge is 2.37. The second-order valence-corrected chi connectivity index (χ2v) is 5.18. The Labute approximate surface area is 110 Å². The van der Waals surface area contributed by atoms with Gasteiger partial charge in [-0.05, 0) is 42.0 Å². The van der Waals surface area contributed by atoms with E-state index >= 15 is 0 Å². The van der Waals surface area contributed by atoms with Gasteiger partial charge in [0.1, 0.15) is 5.75 Å². The molecule has 1 aliphatic heterocycles. The zero-order chi connectivity index (χ0) is 13.4. The van der Waals surface area contributed by atoms with Gasteiger partial charge in [-0.2, -0.15) is 8.78 Å².